The van der Waals surface area contributed by atoms with Gasteiger partial charge in [-0.3, -0.25) is 0 Å². The predicted octanol–water partition coefficient (Wildman–Crippen LogP) is 3.88. The van der Waals surface area contributed by atoms with E-state index in [-0.39, 0.29) is 13.2 Å². The van der Waals surface area contributed by atoms with Crippen LogP contribution in [0.15, 0.2) is 42.5 Å². The van der Waals surface area contributed by atoms with Crippen LogP contribution in [-0.4, -0.2) is 0 Å². The molecule has 6 heteroatoms. The number of hydrogen-bond acceptors (Lipinski definition) is 2. The molecule has 0 amide bonds. The zero-order valence-corrected chi connectivity index (χ0v) is 11.0. The molecule has 0 atom stereocenters. The molecule has 2 rings (SSSR count). The van der Waals surface area contributed by atoms with Gasteiger partial charge in [-0.25, -0.2) is 4.39 Å². The average molecular weight is 299 g/mol. The van der Waals surface area contributed by atoms with Gasteiger partial charge in [-0.05, 0) is 35.9 Å². The molecular formula is C15H13F4NO. The van der Waals surface area contributed by atoms with E-state index in [2.05, 4.69) is 0 Å². The summed E-state index contributed by atoms with van der Waals surface area (Å²) in [4.78, 5) is 0. The highest BCUT2D eigenvalue weighted by atomic mass is 19.4. The molecule has 2 aromatic carbocycles. The van der Waals surface area contributed by atoms with Crippen LogP contribution in [-0.2, 0) is 19.3 Å². The van der Waals surface area contributed by atoms with Crippen LogP contribution in [0.4, 0.5) is 17.6 Å². The van der Waals surface area contributed by atoms with Gasteiger partial charge in [0.2, 0.25) is 0 Å². The normalized spacial score (nSPS) is 11.5. The van der Waals surface area contributed by atoms with E-state index in [0.29, 0.717) is 16.9 Å². The summed E-state index contributed by atoms with van der Waals surface area (Å²) in [6.07, 6.45) is -4.36. The number of alkyl halides is 3. The average Bonchev–Trinajstić information content (AvgIpc) is 2.45. The molecule has 2 N–H and O–H groups in total. The van der Waals surface area contributed by atoms with E-state index in [0.717, 1.165) is 12.1 Å². The Hall–Kier alpha value is -2.08. The summed E-state index contributed by atoms with van der Waals surface area (Å²) in [5.41, 5.74) is 5.85. The quantitative estimate of drug-likeness (QED) is 0.870. The maximum absolute atomic E-state index is 13.0. The first kappa shape index (κ1) is 15.3. The number of hydrogen-bond donors (Lipinski definition) is 1. The number of rotatable bonds is 4. The van der Waals surface area contributed by atoms with Crippen molar-refractivity contribution in [2.75, 3.05) is 0 Å². The molecule has 2 aromatic rings. The Morgan fingerprint density at radius 2 is 1.67 bits per heavy atom. The second kappa shape index (κ2) is 6.13. The lowest BCUT2D eigenvalue weighted by Crippen LogP contribution is -2.06. The van der Waals surface area contributed by atoms with Gasteiger partial charge in [0.05, 0.1) is 5.56 Å². The molecule has 0 saturated heterocycles. The first-order chi connectivity index (χ1) is 9.90. The molecule has 2 nitrogen and oxygen atoms in total. The first-order valence-corrected chi connectivity index (χ1v) is 6.17. The first-order valence-electron chi connectivity index (χ1n) is 6.17. The van der Waals surface area contributed by atoms with Crippen molar-refractivity contribution >= 4 is 0 Å². The topological polar surface area (TPSA) is 35.2 Å². The van der Waals surface area contributed by atoms with Gasteiger partial charge in [-0.15, -0.1) is 0 Å². The molecule has 0 unspecified atom stereocenters. The summed E-state index contributed by atoms with van der Waals surface area (Å²) >= 11 is 0. The molecule has 0 aromatic heterocycles. The molecule has 21 heavy (non-hydrogen) atoms. The van der Waals surface area contributed by atoms with Crippen molar-refractivity contribution in [2.45, 2.75) is 19.3 Å². The van der Waals surface area contributed by atoms with Crippen molar-refractivity contribution in [1.82, 2.24) is 0 Å². The lowest BCUT2D eigenvalue weighted by Gasteiger charge is -2.11. The third-order valence-electron chi connectivity index (χ3n) is 2.92. The Balaban J connectivity index is 2.07. The SMILES string of the molecule is NCc1cc(F)ccc1OCc1ccc(C(F)(F)F)cc1. The lowest BCUT2D eigenvalue weighted by atomic mass is 10.1. The lowest BCUT2D eigenvalue weighted by molar-refractivity contribution is -0.137. The highest BCUT2D eigenvalue weighted by Crippen LogP contribution is 2.29. The van der Waals surface area contributed by atoms with Crippen molar-refractivity contribution < 1.29 is 22.3 Å². The summed E-state index contributed by atoms with van der Waals surface area (Å²) < 4.78 is 55.8. The summed E-state index contributed by atoms with van der Waals surface area (Å²) in [5, 5.41) is 0. The van der Waals surface area contributed by atoms with E-state index >= 15 is 0 Å². The molecule has 0 spiro atoms. The number of halogens is 4. The van der Waals surface area contributed by atoms with Crippen LogP contribution in [0.5, 0.6) is 5.75 Å². The van der Waals surface area contributed by atoms with E-state index < -0.39 is 17.6 Å². The molecule has 0 aliphatic heterocycles. The van der Waals surface area contributed by atoms with Crippen molar-refractivity contribution in [3.63, 3.8) is 0 Å². The Morgan fingerprint density at radius 1 is 1.00 bits per heavy atom. The highest BCUT2D eigenvalue weighted by molar-refractivity contribution is 5.34. The van der Waals surface area contributed by atoms with Gasteiger partial charge in [0.25, 0.3) is 0 Å². The van der Waals surface area contributed by atoms with Gasteiger partial charge in [0.15, 0.2) is 0 Å². The Labute approximate surface area is 119 Å². The van der Waals surface area contributed by atoms with Crippen LogP contribution >= 0.6 is 0 Å². The third-order valence-corrected chi connectivity index (χ3v) is 2.92. The Morgan fingerprint density at radius 3 is 2.24 bits per heavy atom. The smallest absolute Gasteiger partial charge is 0.416 e. The van der Waals surface area contributed by atoms with Crippen LogP contribution in [0, 0.1) is 5.82 Å². The highest BCUT2D eigenvalue weighted by Gasteiger charge is 2.29. The van der Waals surface area contributed by atoms with E-state index in [1.165, 1.54) is 30.3 Å². The van der Waals surface area contributed by atoms with E-state index in [1.807, 2.05) is 0 Å². The number of ether oxygens (including phenoxy) is 1. The molecule has 0 aliphatic carbocycles. The van der Waals surface area contributed by atoms with Gasteiger partial charge in [-0.1, -0.05) is 12.1 Å². The van der Waals surface area contributed by atoms with Gasteiger partial charge >= 0.3 is 6.18 Å². The third kappa shape index (κ3) is 3.95. The van der Waals surface area contributed by atoms with E-state index in [4.69, 9.17) is 10.5 Å². The molecule has 0 bridgehead atoms. The molecule has 0 fully saturated rings. The van der Waals surface area contributed by atoms with Gasteiger partial charge < -0.3 is 10.5 Å². The van der Waals surface area contributed by atoms with Crippen molar-refractivity contribution in [2.24, 2.45) is 5.73 Å². The minimum atomic E-state index is -4.36. The predicted molar refractivity (Wildman–Crippen MR) is 70.1 cm³/mol. The molecule has 0 saturated carbocycles. The molecule has 0 heterocycles. The summed E-state index contributed by atoms with van der Waals surface area (Å²) in [6, 6.07) is 8.62. The minimum Gasteiger partial charge on any atom is -0.489 e. The second-order valence-corrected chi connectivity index (χ2v) is 4.44. The summed E-state index contributed by atoms with van der Waals surface area (Å²) in [5.74, 6) is -0.00359. The standard InChI is InChI=1S/C15H13F4NO/c16-13-5-6-14(11(7-13)8-20)21-9-10-1-3-12(4-2-10)15(17,18)19/h1-7H,8-9,20H2. The van der Waals surface area contributed by atoms with Crippen molar-refractivity contribution in [3.8, 4) is 5.75 Å². The fourth-order valence-corrected chi connectivity index (χ4v) is 1.80. The minimum absolute atomic E-state index is 0.0801. The van der Waals surface area contributed by atoms with Crippen LogP contribution in [0.1, 0.15) is 16.7 Å². The molecule has 0 radical (unpaired) electrons. The monoisotopic (exact) mass is 299 g/mol. The van der Waals surface area contributed by atoms with Gasteiger partial charge in [0, 0.05) is 12.1 Å². The van der Waals surface area contributed by atoms with E-state index in [9.17, 15) is 17.6 Å². The Bertz CT molecular complexity index is 608. The Kier molecular flexibility index (Phi) is 4.47. The zero-order valence-electron chi connectivity index (χ0n) is 11.0. The maximum Gasteiger partial charge on any atom is 0.416 e. The summed E-state index contributed by atoms with van der Waals surface area (Å²) in [6.45, 7) is 0.191. The van der Waals surface area contributed by atoms with Gasteiger partial charge in [0.1, 0.15) is 18.2 Å². The van der Waals surface area contributed by atoms with Crippen molar-refractivity contribution in [1.29, 1.82) is 0 Å². The maximum atomic E-state index is 13.0. The van der Waals surface area contributed by atoms with Gasteiger partial charge in [-0.2, -0.15) is 13.2 Å². The van der Waals surface area contributed by atoms with E-state index in [1.54, 1.807) is 0 Å². The second-order valence-electron chi connectivity index (χ2n) is 4.44. The molecule has 112 valence electrons. The zero-order chi connectivity index (χ0) is 15.5. The number of benzene rings is 2. The molecule has 0 aliphatic rings. The van der Waals surface area contributed by atoms with Crippen LogP contribution < -0.4 is 10.5 Å². The largest absolute Gasteiger partial charge is 0.489 e. The number of nitrogens with two attached hydrogens (primary N) is 1. The fourth-order valence-electron chi connectivity index (χ4n) is 1.80. The van der Waals surface area contributed by atoms with Crippen molar-refractivity contribution in [3.05, 3.63) is 65.0 Å². The molecular weight excluding hydrogens is 286 g/mol. The van der Waals surface area contributed by atoms with Crippen LogP contribution in [0.2, 0.25) is 0 Å². The fraction of sp³-hybridized carbons (Fsp3) is 0.200. The summed E-state index contributed by atoms with van der Waals surface area (Å²) in [7, 11) is 0. The van der Waals surface area contributed by atoms with Crippen LogP contribution in [0.3, 0.4) is 0 Å². The van der Waals surface area contributed by atoms with Crippen LogP contribution in [0.25, 0.3) is 0 Å².